The Morgan fingerprint density at radius 1 is 1.05 bits per heavy atom. The fourth-order valence-electron chi connectivity index (χ4n) is 1.70. The summed E-state index contributed by atoms with van der Waals surface area (Å²) in [7, 11) is 0. The molecule has 2 aromatic rings. The van der Waals surface area contributed by atoms with Crippen LogP contribution in [0.4, 0.5) is 8.78 Å². The number of carbonyl (C=O) groups is 1. The van der Waals surface area contributed by atoms with E-state index in [9.17, 15) is 13.6 Å². The molecule has 0 heterocycles. The molecule has 0 bridgehead atoms. The number of alkyl halides is 2. The number of benzene rings is 2. The number of carboxylic acid groups (broad SMARTS) is 1. The number of halogens is 2. The summed E-state index contributed by atoms with van der Waals surface area (Å²) in [6, 6.07) is 13.1. The lowest BCUT2D eigenvalue weighted by molar-refractivity contribution is -0.0502. The fraction of sp³-hybridized carbons (Fsp3) is 0.0714. The topological polar surface area (TPSA) is 46.5 Å². The lowest BCUT2D eigenvalue weighted by Crippen LogP contribution is -2.07. The van der Waals surface area contributed by atoms with Gasteiger partial charge < -0.3 is 9.84 Å². The average molecular weight is 264 g/mol. The van der Waals surface area contributed by atoms with E-state index >= 15 is 0 Å². The molecule has 0 spiro atoms. The van der Waals surface area contributed by atoms with Gasteiger partial charge >= 0.3 is 12.6 Å². The highest BCUT2D eigenvalue weighted by Gasteiger charge is 2.16. The molecule has 19 heavy (non-hydrogen) atoms. The second-order valence-corrected chi connectivity index (χ2v) is 3.76. The molecule has 0 unspecified atom stereocenters. The van der Waals surface area contributed by atoms with Crippen LogP contribution in [0.15, 0.2) is 48.5 Å². The van der Waals surface area contributed by atoms with Crippen LogP contribution < -0.4 is 4.74 Å². The van der Waals surface area contributed by atoms with Crippen molar-refractivity contribution in [2.24, 2.45) is 0 Å². The second kappa shape index (κ2) is 5.48. The number of rotatable bonds is 4. The smallest absolute Gasteiger partial charge is 0.387 e. The van der Waals surface area contributed by atoms with E-state index in [0.717, 1.165) is 5.56 Å². The van der Waals surface area contributed by atoms with E-state index in [-0.39, 0.29) is 11.3 Å². The SMILES string of the molecule is O=C(O)c1ccc(-c2ccccc2)cc1OC(F)F. The summed E-state index contributed by atoms with van der Waals surface area (Å²) in [4.78, 5) is 10.9. The third-order valence-corrected chi connectivity index (χ3v) is 2.54. The molecule has 2 rings (SSSR count). The molecule has 0 aromatic heterocycles. The molecule has 3 nitrogen and oxygen atoms in total. The number of carboxylic acids is 1. The molecule has 0 amide bonds. The molecule has 5 heteroatoms. The van der Waals surface area contributed by atoms with Crippen LogP contribution in [0.2, 0.25) is 0 Å². The first-order chi connectivity index (χ1) is 9.08. The molecule has 0 aliphatic rings. The molecule has 0 aliphatic carbocycles. The van der Waals surface area contributed by atoms with Crippen LogP contribution in [-0.4, -0.2) is 17.7 Å². The van der Waals surface area contributed by atoms with E-state index in [4.69, 9.17) is 5.11 Å². The van der Waals surface area contributed by atoms with Crippen LogP contribution in [0.5, 0.6) is 5.75 Å². The van der Waals surface area contributed by atoms with E-state index in [1.165, 1.54) is 12.1 Å². The third kappa shape index (κ3) is 3.07. The average Bonchev–Trinajstić information content (AvgIpc) is 2.38. The minimum absolute atomic E-state index is 0.292. The van der Waals surface area contributed by atoms with Gasteiger partial charge in [-0.2, -0.15) is 8.78 Å². The first-order valence-corrected chi connectivity index (χ1v) is 5.45. The molecule has 0 aliphatic heterocycles. The summed E-state index contributed by atoms with van der Waals surface area (Å²) in [5, 5.41) is 8.92. The number of ether oxygens (including phenoxy) is 1. The van der Waals surface area contributed by atoms with Crippen molar-refractivity contribution < 1.29 is 23.4 Å². The second-order valence-electron chi connectivity index (χ2n) is 3.76. The first-order valence-electron chi connectivity index (χ1n) is 5.45. The Hall–Kier alpha value is -2.43. The van der Waals surface area contributed by atoms with E-state index < -0.39 is 12.6 Å². The van der Waals surface area contributed by atoms with Crippen molar-refractivity contribution in [1.82, 2.24) is 0 Å². The molecule has 0 radical (unpaired) electrons. The maximum atomic E-state index is 12.3. The molecule has 2 aromatic carbocycles. The van der Waals surface area contributed by atoms with Crippen LogP contribution >= 0.6 is 0 Å². The first kappa shape index (κ1) is 13.0. The minimum atomic E-state index is -3.07. The molecular formula is C14H10F2O3. The van der Waals surface area contributed by atoms with E-state index in [1.54, 1.807) is 30.3 Å². The van der Waals surface area contributed by atoms with Gasteiger partial charge in [0.15, 0.2) is 0 Å². The van der Waals surface area contributed by atoms with Crippen molar-refractivity contribution >= 4 is 5.97 Å². The zero-order valence-corrected chi connectivity index (χ0v) is 9.72. The van der Waals surface area contributed by atoms with E-state index in [2.05, 4.69) is 4.74 Å². The van der Waals surface area contributed by atoms with Crippen molar-refractivity contribution in [2.45, 2.75) is 6.61 Å². The van der Waals surface area contributed by atoms with Crippen molar-refractivity contribution in [2.75, 3.05) is 0 Å². The largest absolute Gasteiger partial charge is 0.478 e. The van der Waals surface area contributed by atoms with Crippen molar-refractivity contribution in [1.29, 1.82) is 0 Å². The Kier molecular flexibility index (Phi) is 3.75. The van der Waals surface area contributed by atoms with Crippen LogP contribution in [0.3, 0.4) is 0 Å². The molecule has 0 atom stereocenters. The predicted molar refractivity (Wildman–Crippen MR) is 65.5 cm³/mol. The van der Waals surface area contributed by atoms with Gasteiger partial charge in [0.1, 0.15) is 11.3 Å². The minimum Gasteiger partial charge on any atom is -0.478 e. The quantitative estimate of drug-likeness (QED) is 0.916. The standard InChI is InChI=1S/C14H10F2O3/c15-14(16)19-12-8-10(6-7-11(12)13(17)18)9-4-2-1-3-5-9/h1-8,14H,(H,17,18). The van der Waals surface area contributed by atoms with Gasteiger partial charge in [0, 0.05) is 0 Å². The zero-order valence-electron chi connectivity index (χ0n) is 9.72. The Balaban J connectivity index is 2.46. The Morgan fingerprint density at radius 2 is 1.74 bits per heavy atom. The monoisotopic (exact) mass is 264 g/mol. The highest BCUT2D eigenvalue weighted by atomic mass is 19.3. The van der Waals surface area contributed by atoms with Crippen LogP contribution in [0.1, 0.15) is 10.4 Å². The van der Waals surface area contributed by atoms with Crippen molar-refractivity contribution in [3.05, 3.63) is 54.1 Å². The van der Waals surface area contributed by atoms with Crippen LogP contribution in [0, 0.1) is 0 Å². The maximum absolute atomic E-state index is 12.3. The number of hydrogen-bond acceptors (Lipinski definition) is 2. The zero-order chi connectivity index (χ0) is 13.8. The lowest BCUT2D eigenvalue weighted by Gasteiger charge is -2.10. The molecule has 98 valence electrons. The third-order valence-electron chi connectivity index (χ3n) is 2.54. The predicted octanol–water partition coefficient (Wildman–Crippen LogP) is 3.65. The summed E-state index contributed by atoms with van der Waals surface area (Å²) in [5.41, 5.74) is 1.11. The highest BCUT2D eigenvalue weighted by Crippen LogP contribution is 2.28. The summed E-state index contributed by atoms with van der Waals surface area (Å²) in [6.07, 6.45) is 0. The molecule has 0 saturated carbocycles. The van der Waals surface area contributed by atoms with Crippen molar-refractivity contribution in [3.8, 4) is 16.9 Å². The van der Waals surface area contributed by atoms with Gasteiger partial charge in [0.2, 0.25) is 0 Å². The number of hydrogen-bond donors (Lipinski definition) is 1. The molecule has 1 N–H and O–H groups in total. The van der Waals surface area contributed by atoms with Crippen molar-refractivity contribution in [3.63, 3.8) is 0 Å². The summed E-state index contributed by atoms with van der Waals surface area (Å²) in [5.74, 6) is -1.65. The van der Waals surface area contributed by atoms with Gasteiger partial charge in [0.25, 0.3) is 0 Å². The Morgan fingerprint density at radius 3 is 2.32 bits per heavy atom. The van der Waals surface area contributed by atoms with Gasteiger partial charge in [0.05, 0.1) is 0 Å². The summed E-state index contributed by atoms with van der Waals surface area (Å²) < 4.78 is 28.8. The van der Waals surface area contributed by atoms with Gasteiger partial charge in [-0.15, -0.1) is 0 Å². The number of aromatic carboxylic acids is 1. The Bertz CT molecular complexity index is 582. The molecular weight excluding hydrogens is 254 g/mol. The van der Waals surface area contributed by atoms with Gasteiger partial charge in [-0.05, 0) is 23.3 Å². The fourth-order valence-corrected chi connectivity index (χ4v) is 1.70. The molecule has 0 fully saturated rings. The van der Waals surface area contributed by atoms with E-state index in [1.807, 2.05) is 6.07 Å². The normalized spacial score (nSPS) is 10.5. The molecule has 0 saturated heterocycles. The van der Waals surface area contributed by atoms with Gasteiger partial charge in [-0.1, -0.05) is 36.4 Å². The van der Waals surface area contributed by atoms with Gasteiger partial charge in [-0.3, -0.25) is 0 Å². The van der Waals surface area contributed by atoms with Crippen LogP contribution in [-0.2, 0) is 0 Å². The van der Waals surface area contributed by atoms with Gasteiger partial charge in [-0.25, -0.2) is 4.79 Å². The Labute approximate surface area is 108 Å². The van der Waals surface area contributed by atoms with Crippen LogP contribution in [0.25, 0.3) is 11.1 Å². The lowest BCUT2D eigenvalue weighted by atomic mass is 10.0. The van der Waals surface area contributed by atoms with E-state index in [0.29, 0.717) is 5.56 Å². The summed E-state index contributed by atoms with van der Waals surface area (Å²) >= 11 is 0. The summed E-state index contributed by atoms with van der Waals surface area (Å²) in [6.45, 7) is -3.07. The highest BCUT2D eigenvalue weighted by molar-refractivity contribution is 5.92. The maximum Gasteiger partial charge on any atom is 0.387 e.